The van der Waals surface area contributed by atoms with Gasteiger partial charge in [0.15, 0.2) is 0 Å². The van der Waals surface area contributed by atoms with Gasteiger partial charge in [0, 0.05) is 15.3 Å². The van der Waals surface area contributed by atoms with Crippen molar-refractivity contribution in [2.24, 2.45) is 0 Å². The minimum absolute atomic E-state index is 0.130. The zero-order chi connectivity index (χ0) is 22.5. The van der Waals surface area contributed by atoms with Gasteiger partial charge < -0.3 is 14.7 Å². The van der Waals surface area contributed by atoms with Gasteiger partial charge >= 0.3 is 0 Å². The average molecular weight is 468 g/mol. The molecule has 0 bridgehead atoms. The van der Waals surface area contributed by atoms with E-state index in [2.05, 4.69) is 6.92 Å². The summed E-state index contributed by atoms with van der Waals surface area (Å²) >= 11 is 3.00. The van der Waals surface area contributed by atoms with Crippen LogP contribution in [0.1, 0.15) is 47.5 Å². The van der Waals surface area contributed by atoms with E-state index < -0.39 is 17.7 Å². The quantitative estimate of drug-likeness (QED) is 0.181. The number of nitrogens with zero attached hydrogens (tertiary/aromatic N) is 1. The number of rotatable bonds is 9. The van der Waals surface area contributed by atoms with Crippen molar-refractivity contribution >= 4 is 40.1 Å². The first-order valence-corrected chi connectivity index (χ1v) is 12.4. The molecule has 1 N–H and O–H groups in total. The van der Waals surface area contributed by atoms with E-state index in [1.165, 1.54) is 22.7 Å². The minimum atomic E-state index is -0.655. The Labute approximate surface area is 195 Å². The van der Waals surface area contributed by atoms with Crippen molar-refractivity contribution in [3.05, 3.63) is 80.2 Å². The molecule has 1 atom stereocenters. The number of aliphatic hydroxyl groups is 1. The molecule has 2 aromatic heterocycles. The van der Waals surface area contributed by atoms with Crippen LogP contribution in [-0.4, -0.2) is 28.3 Å². The smallest absolute Gasteiger partial charge is 0.296 e. The third kappa shape index (κ3) is 4.64. The minimum Gasteiger partial charge on any atom is -0.507 e. The van der Waals surface area contributed by atoms with E-state index in [0.717, 1.165) is 29.0 Å². The fourth-order valence-corrected chi connectivity index (χ4v) is 5.31. The summed E-state index contributed by atoms with van der Waals surface area (Å²) in [6.45, 7) is 3.11. The Balaban J connectivity index is 1.65. The summed E-state index contributed by atoms with van der Waals surface area (Å²) < 4.78 is 5.74. The number of hydrogen-bond donors (Lipinski definition) is 1. The van der Waals surface area contributed by atoms with Gasteiger partial charge in [-0.3, -0.25) is 9.59 Å². The highest BCUT2D eigenvalue weighted by Gasteiger charge is 2.46. The van der Waals surface area contributed by atoms with Gasteiger partial charge in [-0.2, -0.15) is 0 Å². The van der Waals surface area contributed by atoms with E-state index in [-0.39, 0.29) is 11.3 Å². The number of carbonyl (C=O) groups excluding carboxylic acids is 2. The third-order valence-corrected chi connectivity index (χ3v) is 7.19. The molecular formula is C25H25NO4S2. The predicted molar refractivity (Wildman–Crippen MR) is 128 cm³/mol. The first-order valence-electron chi connectivity index (χ1n) is 10.7. The highest BCUT2D eigenvalue weighted by molar-refractivity contribution is 7.10. The number of amides is 1. The molecule has 1 aromatic carbocycles. The monoisotopic (exact) mass is 467 g/mol. The van der Waals surface area contributed by atoms with Crippen LogP contribution in [0.4, 0.5) is 0 Å². The van der Waals surface area contributed by atoms with Crippen molar-refractivity contribution in [2.45, 2.75) is 38.8 Å². The molecule has 0 radical (unpaired) electrons. The maximum absolute atomic E-state index is 13.0. The van der Waals surface area contributed by atoms with Crippen molar-refractivity contribution in [1.82, 2.24) is 4.90 Å². The number of ether oxygens (including phenoxy) is 1. The lowest BCUT2D eigenvalue weighted by Gasteiger charge is -2.23. The number of likely N-dealkylation sites (tertiary alicyclic amines) is 1. The SMILES string of the molecule is CCCCCOc1ccc(/C(O)=C2/C(=O)C(=O)N(Cc3cccs3)C2c2cccs2)cc1. The van der Waals surface area contributed by atoms with E-state index in [9.17, 15) is 14.7 Å². The second-order valence-electron chi connectivity index (χ2n) is 7.60. The molecule has 0 aliphatic carbocycles. The number of carbonyl (C=O) groups is 2. The molecule has 5 nitrogen and oxygen atoms in total. The lowest BCUT2D eigenvalue weighted by molar-refractivity contribution is -0.140. The molecular weight excluding hydrogens is 442 g/mol. The zero-order valence-corrected chi connectivity index (χ0v) is 19.5. The molecule has 0 spiro atoms. The molecule has 32 heavy (non-hydrogen) atoms. The van der Waals surface area contributed by atoms with Crippen LogP contribution in [0.2, 0.25) is 0 Å². The van der Waals surface area contributed by atoms with Gasteiger partial charge in [-0.1, -0.05) is 31.9 Å². The van der Waals surface area contributed by atoms with Crippen molar-refractivity contribution in [3.63, 3.8) is 0 Å². The van der Waals surface area contributed by atoms with Crippen LogP contribution in [0.3, 0.4) is 0 Å². The number of Topliss-reactive ketones (excluding diaryl/α,β-unsaturated/α-hetero) is 1. The third-order valence-electron chi connectivity index (χ3n) is 5.40. The first kappa shape index (κ1) is 22.3. The Kier molecular flexibility index (Phi) is 7.07. The van der Waals surface area contributed by atoms with E-state index in [0.29, 0.717) is 24.5 Å². The predicted octanol–water partition coefficient (Wildman–Crippen LogP) is 6.00. The van der Waals surface area contributed by atoms with Crippen molar-refractivity contribution < 1.29 is 19.4 Å². The molecule has 1 saturated heterocycles. The van der Waals surface area contributed by atoms with E-state index in [1.54, 1.807) is 29.2 Å². The van der Waals surface area contributed by atoms with E-state index in [1.807, 2.05) is 35.0 Å². The van der Waals surface area contributed by atoms with Crippen LogP contribution < -0.4 is 4.74 Å². The van der Waals surface area contributed by atoms with Crippen molar-refractivity contribution in [2.75, 3.05) is 6.61 Å². The van der Waals surface area contributed by atoms with Gasteiger partial charge in [0.1, 0.15) is 17.6 Å². The van der Waals surface area contributed by atoms with Gasteiger partial charge in [0.2, 0.25) is 0 Å². The summed E-state index contributed by atoms with van der Waals surface area (Å²) in [6, 6.07) is 14.0. The fraction of sp³-hybridized carbons (Fsp3) is 0.280. The molecule has 3 heterocycles. The molecule has 1 unspecified atom stereocenters. The topological polar surface area (TPSA) is 66.8 Å². The number of hydrogen-bond acceptors (Lipinski definition) is 6. The Morgan fingerprint density at radius 3 is 2.44 bits per heavy atom. The molecule has 1 amide bonds. The lowest BCUT2D eigenvalue weighted by Crippen LogP contribution is -2.28. The van der Waals surface area contributed by atoms with Crippen molar-refractivity contribution in [1.29, 1.82) is 0 Å². The molecule has 3 aromatic rings. The van der Waals surface area contributed by atoms with Crippen LogP contribution in [0.5, 0.6) is 5.75 Å². The largest absolute Gasteiger partial charge is 0.507 e. The van der Waals surface area contributed by atoms with Gasteiger partial charge in [0.25, 0.3) is 11.7 Å². The summed E-state index contributed by atoms with van der Waals surface area (Å²) in [5.74, 6) is -0.690. The van der Waals surface area contributed by atoms with Crippen LogP contribution in [0.15, 0.2) is 64.9 Å². The Morgan fingerprint density at radius 2 is 1.78 bits per heavy atom. The summed E-state index contributed by atoms with van der Waals surface area (Å²) in [5, 5.41) is 15.0. The number of aliphatic hydroxyl groups excluding tert-OH is 1. The molecule has 1 fully saturated rings. The van der Waals surface area contributed by atoms with Crippen molar-refractivity contribution in [3.8, 4) is 5.75 Å². The Hall–Kier alpha value is -2.90. The molecule has 7 heteroatoms. The molecule has 166 valence electrons. The van der Waals surface area contributed by atoms with Crippen LogP contribution in [-0.2, 0) is 16.1 Å². The first-order chi connectivity index (χ1) is 15.6. The van der Waals surface area contributed by atoms with Crippen LogP contribution >= 0.6 is 22.7 Å². The average Bonchev–Trinajstić information content (AvgIpc) is 3.56. The number of benzene rings is 1. The Bertz CT molecular complexity index is 1090. The lowest BCUT2D eigenvalue weighted by atomic mass is 10.00. The number of ketones is 1. The molecule has 4 rings (SSSR count). The zero-order valence-electron chi connectivity index (χ0n) is 17.8. The summed E-state index contributed by atoms with van der Waals surface area (Å²) in [6.07, 6.45) is 3.24. The van der Waals surface area contributed by atoms with E-state index >= 15 is 0 Å². The number of unbranched alkanes of at least 4 members (excludes halogenated alkanes) is 2. The second kappa shape index (κ2) is 10.1. The molecule has 1 aliphatic heterocycles. The maximum Gasteiger partial charge on any atom is 0.296 e. The maximum atomic E-state index is 13.0. The van der Waals surface area contributed by atoms with E-state index in [4.69, 9.17) is 4.74 Å². The normalized spacial score (nSPS) is 17.8. The van der Waals surface area contributed by atoms with Gasteiger partial charge in [-0.05, 0) is 53.6 Å². The van der Waals surface area contributed by atoms with Gasteiger partial charge in [0.05, 0.1) is 18.7 Å². The molecule has 1 aliphatic rings. The summed E-state index contributed by atoms with van der Waals surface area (Å²) in [7, 11) is 0. The molecule has 0 saturated carbocycles. The standard InChI is InChI=1S/C25H25NO4S2/c1-2-3-4-13-30-18-11-9-17(10-12-18)23(27)21-22(20-8-6-15-32-20)26(25(29)24(21)28)16-19-7-5-14-31-19/h5-12,14-15,22,27H,2-4,13,16H2,1H3/b23-21-. The highest BCUT2D eigenvalue weighted by Crippen LogP contribution is 2.42. The van der Waals surface area contributed by atoms with Crippen LogP contribution in [0.25, 0.3) is 5.76 Å². The van der Waals surface area contributed by atoms with Crippen LogP contribution in [0, 0.1) is 0 Å². The van der Waals surface area contributed by atoms with Gasteiger partial charge in [-0.25, -0.2) is 0 Å². The Morgan fingerprint density at radius 1 is 1.03 bits per heavy atom. The summed E-state index contributed by atoms with van der Waals surface area (Å²) in [4.78, 5) is 29.3. The van der Waals surface area contributed by atoms with Gasteiger partial charge in [-0.15, -0.1) is 22.7 Å². The second-order valence-corrected chi connectivity index (χ2v) is 9.61. The number of thiophene rings is 2. The summed E-state index contributed by atoms with van der Waals surface area (Å²) in [5.41, 5.74) is 0.618. The highest BCUT2D eigenvalue weighted by atomic mass is 32.1. The fourth-order valence-electron chi connectivity index (χ4n) is 3.76.